The molecule has 3 heterocycles. The molecule has 2 aromatic heterocycles. The zero-order valence-corrected chi connectivity index (χ0v) is 11.3. The fourth-order valence-corrected chi connectivity index (χ4v) is 2.72. The van der Waals surface area contributed by atoms with Crippen LogP contribution in [-0.4, -0.2) is 21.2 Å². The summed E-state index contributed by atoms with van der Waals surface area (Å²) in [6.07, 6.45) is -2.80. The van der Waals surface area contributed by atoms with Gasteiger partial charge in [0, 0.05) is 11.6 Å². The number of rotatable bonds is 2. The summed E-state index contributed by atoms with van der Waals surface area (Å²) in [4.78, 5) is 8.38. The van der Waals surface area contributed by atoms with Crippen LogP contribution in [0.2, 0.25) is 0 Å². The Hall–Kier alpha value is -1.61. The normalized spacial score (nSPS) is 15.6. The van der Waals surface area contributed by atoms with E-state index in [-0.39, 0.29) is 0 Å². The van der Waals surface area contributed by atoms with Gasteiger partial charge >= 0.3 is 6.18 Å². The molecule has 0 aromatic carbocycles. The van der Waals surface area contributed by atoms with Crippen molar-refractivity contribution in [1.29, 1.82) is 0 Å². The van der Waals surface area contributed by atoms with Gasteiger partial charge in [0.05, 0.1) is 0 Å². The fraction of sp³-hybridized carbons (Fsp3) is 0.0909. The summed E-state index contributed by atoms with van der Waals surface area (Å²) < 4.78 is 37.6. The zero-order chi connectivity index (χ0) is 14.2. The van der Waals surface area contributed by atoms with Gasteiger partial charge in [-0.15, -0.1) is 11.3 Å². The van der Waals surface area contributed by atoms with E-state index >= 15 is 0 Å². The van der Waals surface area contributed by atoms with Gasteiger partial charge in [0.25, 0.3) is 0 Å². The maximum atomic E-state index is 12.5. The summed E-state index contributed by atoms with van der Waals surface area (Å²) in [5.41, 5.74) is 0.603. The predicted molar refractivity (Wildman–Crippen MR) is 73.2 cm³/mol. The van der Waals surface area contributed by atoms with Crippen LogP contribution in [0, 0.1) is 5.88 Å². The molecule has 2 aromatic rings. The highest BCUT2D eigenvalue weighted by Gasteiger charge is 2.40. The molecule has 1 aliphatic rings. The molecule has 0 saturated carbocycles. The Morgan fingerprint density at radius 1 is 1.20 bits per heavy atom. The maximum Gasteiger partial charge on any atom is 0.441 e. The second kappa shape index (κ2) is 5.06. The smallest absolute Gasteiger partial charge is 0.243 e. The van der Waals surface area contributed by atoms with Gasteiger partial charge in [-0.05, 0) is 12.1 Å². The van der Waals surface area contributed by atoms with Gasteiger partial charge in [-0.3, -0.25) is 0 Å². The van der Waals surface area contributed by atoms with E-state index in [0.717, 1.165) is 5.01 Å². The van der Waals surface area contributed by atoms with Crippen molar-refractivity contribution in [2.75, 3.05) is 5.01 Å². The number of thiazole rings is 1. The van der Waals surface area contributed by atoms with E-state index in [4.69, 9.17) is 0 Å². The number of nitrogens with zero attached hydrogens (tertiary/aromatic N) is 4. The molecule has 20 heavy (non-hydrogen) atoms. The average molecular weight is 315 g/mol. The molecule has 3 rings (SSSR count). The first-order valence-electron chi connectivity index (χ1n) is 5.36. The molecule has 0 saturated heterocycles. The minimum Gasteiger partial charge on any atom is -0.243 e. The molecule has 0 unspecified atom stereocenters. The topological polar surface area (TPSA) is 41.4 Å². The van der Waals surface area contributed by atoms with Crippen LogP contribution in [0.15, 0.2) is 34.9 Å². The Labute approximate surface area is 120 Å². The highest BCUT2D eigenvalue weighted by Crippen LogP contribution is 2.35. The van der Waals surface area contributed by atoms with Crippen LogP contribution in [0.4, 0.5) is 19.0 Å². The zero-order valence-electron chi connectivity index (χ0n) is 9.70. The molecule has 1 radical (unpaired) electrons. The second-order valence-corrected chi connectivity index (χ2v) is 5.42. The number of alkyl halides is 3. The average Bonchev–Trinajstić information content (AvgIpc) is 3.10. The van der Waals surface area contributed by atoms with E-state index in [1.165, 1.54) is 17.2 Å². The molecule has 0 bridgehead atoms. The molecule has 103 valence electrons. The lowest BCUT2D eigenvalue weighted by atomic mass is 10.3. The first-order valence-corrected chi connectivity index (χ1v) is 7.12. The third kappa shape index (κ3) is 2.63. The number of hydrazone groups is 1. The lowest BCUT2D eigenvalue weighted by Gasteiger charge is -2.11. The first kappa shape index (κ1) is 13.4. The van der Waals surface area contributed by atoms with Crippen LogP contribution in [0.25, 0.3) is 10.7 Å². The van der Waals surface area contributed by atoms with Gasteiger partial charge in [0.1, 0.15) is 16.6 Å². The third-order valence-corrected chi connectivity index (χ3v) is 3.96. The van der Waals surface area contributed by atoms with E-state index in [1.807, 2.05) is 0 Å². The van der Waals surface area contributed by atoms with Crippen LogP contribution in [0.3, 0.4) is 0 Å². The number of anilines is 1. The number of pyridine rings is 1. The van der Waals surface area contributed by atoms with Crippen molar-refractivity contribution in [3.63, 3.8) is 0 Å². The van der Waals surface area contributed by atoms with Crippen molar-refractivity contribution in [3.05, 3.63) is 35.7 Å². The summed E-state index contributed by atoms with van der Waals surface area (Å²) in [7, 11) is 0. The van der Waals surface area contributed by atoms with E-state index in [2.05, 4.69) is 15.1 Å². The molecule has 0 aliphatic carbocycles. The minimum atomic E-state index is -4.44. The lowest BCUT2D eigenvalue weighted by Crippen LogP contribution is -2.18. The van der Waals surface area contributed by atoms with Crippen molar-refractivity contribution in [1.82, 2.24) is 9.97 Å². The molecule has 0 fully saturated rings. The molecule has 4 nitrogen and oxygen atoms in total. The van der Waals surface area contributed by atoms with Gasteiger partial charge in [-0.1, -0.05) is 17.8 Å². The first-order chi connectivity index (χ1) is 9.54. The summed E-state index contributed by atoms with van der Waals surface area (Å²) in [5, 5.41) is 6.23. The molecule has 0 N–H and O–H groups in total. The summed E-state index contributed by atoms with van der Waals surface area (Å²) in [5.74, 6) is 1.60. The van der Waals surface area contributed by atoms with E-state index in [9.17, 15) is 13.2 Å². The Morgan fingerprint density at radius 3 is 2.70 bits per heavy atom. The van der Waals surface area contributed by atoms with Crippen molar-refractivity contribution >= 4 is 34.0 Å². The van der Waals surface area contributed by atoms with Crippen LogP contribution in [0.5, 0.6) is 0 Å². The Morgan fingerprint density at radius 2 is 2.05 bits per heavy atom. The Bertz CT molecular complexity index is 639. The standard InChI is InChI=1S/C11H6F3N4S2/c12-11(13,14)10-17-18(6-20-10)8-3-1-2-7(16-8)9-15-4-5-19-9/h1-6H. The largest absolute Gasteiger partial charge is 0.441 e. The van der Waals surface area contributed by atoms with Crippen molar-refractivity contribution in [2.24, 2.45) is 5.10 Å². The van der Waals surface area contributed by atoms with E-state index < -0.39 is 11.2 Å². The summed E-state index contributed by atoms with van der Waals surface area (Å²) in [6.45, 7) is 0. The predicted octanol–water partition coefficient (Wildman–Crippen LogP) is 3.75. The number of hydrogen-bond acceptors (Lipinski definition) is 6. The van der Waals surface area contributed by atoms with E-state index in [0.29, 0.717) is 28.3 Å². The highest BCUT2D eigenvalue weighted by molar-refractivity contribution is 8.16. The quantitative estimate of drug-likeness (QED) is 0.846. The maximum absolute atomic E-state index is 12.5. The van der Waals surface area contributed by atoms with Crippen molar-refractivity contribution < 1.29 is 13.2 Å². The third-order valence-electron chi connectivity index (χ3n) is 2.33. The Kier molecular flexibility index (Phi) is 3.38. The number of hydrogen-bond donors (Lipinski definition) is 0. The molecule has 0 amide bonds. The molecular formula is C11H6F3N4S2. The molecular weight excluding hydrogens is 309 g/mol. The van der Waals surface area contributed by atoms with Gasteiger partial charge in [-0.25, -0.2) is 15.0 Å². The number of aromatic nitrogens is 2. The molecule has 1 aliphatic heterocycles. The van der Waals surface area contributed by atoms with Gasteiger partial charge in [0.2, 0.25) is 0 Å². The van der Waals surface area contributed by atoms with Crippen LogP contribution in [-0.2, 0) is 0 Å². The SMILES string of the molecule is FC(F)(F)C1=NN(c2cccc(-c3nccs3)n2)[CH]S1. The fourth-order valence-electron chi connectivity index (χ4n) is 1.49. The summed E-state index contributed by atoms with van der Waals surface area (Å²) >= 11 is 1.94. The Balaban J connectivity index is 1.89. The van der Waals surface area contributed by atoms with E-state index in [1.54, 1.807) is 29.8 Å². The minimum absolute atomic E-state index is 0.324. The van der Waals surface area contributed by atoms with Gasteiger partial charge < -0.3 is 0 Å². The van der Waals surface area contributed by atoms with Gasteiger partial charge in [-0.2, -0.15) is 18.3 Å². The van der Waals surface area contributed by atoms with Crippen LogP contribution in [0.1, 0.15) is 0 Å². The van der Waals surface area contributed by atoms with Crippen molar-refractivity contribution in [3.8, 4) is 10.7 Å². The molecule has 9 heteroatoms. The monoisotopic (exact) mass is 315 g/mol. The molecule has 0 spiro atoms. The van der Waals surface area contributed by atoms with Crippen molar-refractivity contribution in [2.45, 2.75) is 6.18 Å². The lowest BCUT2D eigenvalue weighted by molar-refractivity contribution is -0.0554. The van der Waals surface area contributed by atoms with Crippen LogP contribution < -0.4 is 5.01 Å². The molecule has 0 atom stereocenters. The number of halogens is 3. The second-order valence-electron chi connectivity index (χ2n) is 3.69. The van der Waals surface area contributed by atoms with Gasteiger partial charge in [0.15, 0.2) is 10.9 Å². The summed E-state index contributed by atoms with van der Waals surface area (Å²) in [6, 6.07) is 5.05. The highest BCUT2D eigenvalue weighted by atomic mass is 32.2. The van der Waals surface area contributed by atoms with Crippen LogP contribution >= 0.6 is 23.1 Å². The number of thioether (sulfide) groups is 1.